The molecule has 0 bridgehead atoms. The highest BCUT2D eigenvalue weighted by molar-refractivity contribution is 14.1. The lowest BCUT2D eigenvalue weighted by atomic mass is 10.0. The van der Waals surface area contributed by atoms with Crippen molar-refractivity contribution in [2.75, 3.05) is 0 Å². The second kappa shape index (κ2) is 7.31. The van der Waals surface area contributed by atoms with Crippen LogP contribution in [0.2, 0.25) is 0 Å². The first-order chi connectivity index (χ1) is 8.45. The van der Waals surface area contributed by atoms with E-state index in [9.17, 15) is 30.7 Å². The fourth-order valence-electron chi connectivity index (χ4n) is 1.51. The lowest BCUT2D eigenvalue weighted by molar-refractivity contribution is -0.355. The molecule has 0 radical (unpaired) electrons. The smallest absolute Gasteiger partial charge is 0.199 e. The standard InChI is InChI=1S/C11H16F7I/c1-2-3-4-5-6-8(19)7-9(12,13)10(14,15)11(16,17)18/h8H,2-7H2,1H3. The molecule has 0 saturated heterocycles. The second-order valence-corrected chi connectivity index (χ2v) is 6.19. The average Bonchev–Trinajstić information content (AvgIpc) is 2.22. The van der Waals surface area contributed by atoms with Gasteiger partial charge >= 0.3 is 18.0 Å². The fourth-order valence-corrected chi connectivity index (χ4v) is 2.50. The van der Waals surface area contributed by atoms with Gasteiger partial charge in [-0.3, -0.25) is 0 Å². The molecule has 0 aromatic carbocycles. The number of unbranched alkanes of at least 4 members (excludes halogenated alkanes) is 3. The maximum Gasteiger partial charge on any atom is 0.459 e. The topological polar surface area (TPSA) is 0 Å². The van der Waals surface area contributed by atoms with Gasteiger partial charge in [0.25, 0.3) is 0 Å². The summed E-state index contributed by atoms with van der Waals surface area (Å²) < 4.78 is 86.2. The Morgan fingerprint density at radius 3 is 1.84 bits per heavy atom. The zero-order valence-corrected chi connectivity index (χ0v) is 12.5. The van der Waals surface area contributed by atoms with Crippen molar-refractivity contribution in [2.45, 2.75) is 67.4 Å². The highest BCUT2D eigenvalue weighted by atomic mass is 127. The molecule has 8 heteroatoms. The third-order valence-corrected chi connectivity index (χ3v) is 3.73. The van der Waals surface area contributed by atoms with Crippen LogP contribution < -0.4 is 0 Å². The van der Waals surface area contributed by atoms with Gasteiger partial charge in [-0.2, -0.15) is 30.7 Å². The normalized spacial score (nSPS) is 15.6. The zero-order valence-electron chi connectivity index (χ0n) is 10.3. The van der Waals surface area contributed by atoms with Crippen LogP contribution in [0.3, 0.4) is 0 Å². The molecule has 0 fully saturated rings. The van der Waals surface area contributed by atoms with E-state index in [0.717, 1.165) is 19.3 Å². The van der Waals surface area contributed by atoms with E-state index in [-0.39, 0.29) is 6.42 Å². The largest absolute Gasteiger partial charge is 0.459 e. The summed E-state index contributed by atoms with van der Waals surface area (Å²) in [6.07, 6.45) is -4.36. The lowest BCUT2D eigenvalue weighted by Crippen LogP contribution is -2.52. The van der Waals surface area contributed by atoms with Crippen LogP contribution in [0.25, 0.3) is 0 Å². The Bertz CT molecular complexity index is 262. The average molecular weight is 408 g/mol. The Balaban J connectivity index is 4.43. The maximum atomic E-state index is 13.0. The van der Waals surface area contributed by atoms with E-state index in [0.29, 0.717) is 6.42 Å². The molecule has 1 unspecified atom stereocenters. The fraction of sp³-hybridized carbons (Fsp3) is 1.00. The van der Waals surface area contributed by atoms with Crippen molar-refractivity contribution in [1.29, 1.82) is 0 Å². The molecule has 0 N–H and O–H groups in total. The number of rotatable bonds is 8. The molecular weight excluding hydrogens is 392 g/mol. The molecule has 0 heterocycles. The number of hydrogen-bond donors (Lipinski definition) is 0. The minimum atomic E-state index is -6.23. The van der Waals surface area contributed by atoms with Crippen molar-refractivity contribution in [2.24, 2.45) is 0 Å². The van der Waals surface area contributed by atoms with Gasteiger partial charge in [0.1, 0.15) is 0 Å². The molecule has 0 aliphatic heterocycles. The second-order valence-electron chi connectivity index (χ2n) is 4.43. The Labute approximate surface area is 121 Å². The molecule has 0 rings (SSSR count). The summed E-state index contributed by atoms with van der Waals surface area (Å²) in [7, 11) is 0. The Kier molecular flexibility index (Phi) is 7.40. The minimum Gasteiger partial charge on any atom is -0.199 e. The van der Waals surface area contributed by atoms with Crippen molar-refractivity contribution in [3.63, 3.8) is 0 Å². The summed E-state index contributed by atoms with van der Waals surface area (Å²) >= 11 is 1.51. The van der Waals surface area contributed by atoms with Crippen molar-refractivity contribution in [3.05, 3.63) is 0 Å². The summed E-state index contributed by atoms with van der Waals surface area (Å²) in [6, 6.07) is 0. The maximum absolute atomic E-state index is 13.0. The van der Waals surface area contributed by atoms with E-state index in [1.54, 1.807) is 0 Å². The summed E-state index contributed by atoms with van der Waals surface area (Å²) in [5, 5.41) is 0. The third-order valence-electron chi connectivity index (χ3n) is 2.66. The van der Waals surface area contributed by atoms with Crippen LogP contribution >= 0.6 is 22.6 Å². The Hall–Kier alpha value is 0.240. The van der Waals surface area contributed by atoms with Crippen molar-refractivity contribution >= 4 is 22.6 Å². The summed E-state index contributed by atoms with van der Waals surface area (Å²) in [6.45, 7) is 1.94. The van der Waals surface area contributed by atoms with Crippen LogP contribution in [-0.2, 0) is 0 Å². The predicted octanol–water partition coefficient (Wildman–Crippen LogP) is 5.98. The SMILES string of the molecule is CCCCCCC(I)CC(F)(F)C(F)(F)C(F)(F)F. The van der Waals surface area contributed by atoms with Gasteiger partial charge < -0.3 is 0 Å². The molecule has 116 valence electrons. The van der Waals surface area contributed by atoms with Crippen molar-refractivity contribution in [3.8, 4) is 0 Å². The summed E-state index contributed by atoms with van der Waals surface area (Å²) in [5.41, 5.74) is 0. The first-order valence-electron chi connectivity index (χ1n) is 5.92. The molecule has 1 atom stereocenters. The summed E-state index contributed by atoms with van der Waals surface area (Å²) in [4.78, 5) is 0. The third kappa shape index (κ3) is 5.63. The van der Waals surface area contributed by atoms with Gasteiger partial charge in [-0.25, -0.2) is 0 Å². The molecule has 0 aromatic rings. The van der Waals surface area contributed by atoms with Crippen molar-refractivity contribution in [1.82, 2.24) is 0 Å². The Morgan fingerprint density at radius 2 is 1.42 bits per heavy atom. The van der Waals surface area contributed by atoms with Gasteiger partial charge in [0.2, 0.25) is 0 Å². The monoisotopic (exact) mass is 408 g/mol. The van der Waals surface area contributed by atoms with Crippen LogP contribution in [-0.4, -0.2) is 21.9 Å². The molecule has 0 saturated carbocycles. The first kappa shape index (κ1) is 19.2. The van der Waals surface area contributed by atoms with Crippen LogP contribution in [0.1, 0.15) is 45.4 Å². The van der Waals surface area contributed by atoms with Crippen LogP contribution in [0.4, 0.5) is 30.7 Å². The van der Waals surface area contributed by atoms with E-state index in [1.807, 2.05) is 6.92 Å². The van der Waals surface area contributed by atoms with E-state index >= 15 is 0 Å². The van der Waals surface area contributed by atoms with Gasteiger partial charge in [-0.15, -0.1) is 0 Å². The molecule has 0 amide bonds. The summed E-state index contributed by atoms with van der Waals surface area (Å²) in [5.74, 6) is -11.0. The predicted molar refractivity (Wildman–Crippen MR) is 67.1 cm³/mol. The minimum absolute atomic E-state index is 0.212. The number of hydrogen-bond acceptors (Lipinski definition) is 0. The lowest BCUT2D eigenvalue weighted by Gasteiger charge is -2.29. The van der Waals surface area contributed by atoms with Gasteiger partial charge in [0.05, 0.1) is 0 Å². The molecule has 0 aliphatic rings. The first-order valence-corrected chi connectivity index (χ1v) is 7.16. The molecule has 0 aromatic heterocycles. The van der Waals surface area contributed by atoms with Crippen LogP contribution in [0.5, 0.6) is 0 Å². The van der Waals surface area contributed by atoms with Gasteiger partial charge in [-0.1, -0.05) is 55.2 Å². The number of alkyl halides is 8. The van der Waals surface area contributed by atoms with Crippen LogP contribution in [0, 0.1) is 0 Å². The molecular formula is C11H16F7I. The molecule has 19 heavy (non-hydrogen) atoms. The number of halogens is 8. The van der Waals surface area contributed by atoms with Crippen LogP contribution in [0.15, 0.2) is 0 Å². The molecule has 0 aliphatic carbocycles. The van der Waals surface area contributed by atoms with E-state index in [2.05, 4.69) is 0 Å². The van der Waals surface area contributed by atoms with Crippen molar-refractivity contribution < 1.29 is 30.7 Å². The van der Waals surface area contributed by atoms with E-state index in [1.165, 1.54) is 22.6 Å². The zero-order chi connectivity index (χ0) is 15.3. The quantitative estimate of drug-likeness (QED) is 0.201. The van der Waals surface area contributed by atoms with Gasteiger partial charge in [-0.05, 0) is 6.42 Å². The Morgan fingerprint density at radius 1 is 0.895 bits per heavy atom. The molecule has 0 nitrogen and oxygen atoms in total. The van der Waals surface area contributed by atoms with E-state index in [4.69, 9.17) is 0 Å². The molecule has 0 spiro atoms. The van der Waals surface area contributed by atoms with Gasteiger partial charge in [0.15, 0.2) is 0 Å². The highest BCUT2D eigenvalue weighted by Crippen LogP contribution is 2.49. The highest BCUT2D eigenvalue weighted by Gasteiger charge is 2.72. The van der Waals surface area contributed by atoms with E-state index < -0.39 is 28.4 Å². The van der Waals surface area contributed by atoms with Gasteiger partial charge in [0, 0.05) is 10.3 Å².